The van der Waals surface area contributed by atoms with Crippen LogP contribution in [0.3, 0.4) is 0 Å². The molecular weight excluding hydrogens is 411 g/mol. The van der Waals surface area contributed by atoms with Crippen molar-refractivity contribution in [3.8, 4) is 17.0 Å². The second-order valence-corrected chi connectivity index (χ2v) is 7.99. The normalized spacial score (nSPS) is 12.7. The fourth-order valence-corrected chi connectivity index (χ4v) is 4.02. The Morgan fingerprint density at radius 2 is 1.80 bits per heavy atom. The predicted octanol–water partition coefficient (Wildman–Crippen LogP) is 7.09. The minimum atomic E-state index is -4.37. The number of benzene rings is 2. The van der Waals surface area contributed by atoms with Crippen LogP contribution in [0.25, 0.3) is 11.3 Å². The minimum Gasteiger partial charge on any atom is -0.380 e. The van der Waals surface area contributed by atoms with Crippen LogP contribution in [0.4, 0.5) is 13.2 Å². The molecule has 2 aromatic carbocycles. The van der Waals surface area contributed by atoms with Crippen molar-refractivity contribution in [2.75, 3.05) is 13.2 Å². The summed E-state index contributed by atoms with van der Waals surface area (Å²) >= 11 is 1.54. The number of nitrogens with zero attached hydrogens (tertiary/aromatic N) is 1. The number of alkyl halides is 3. The Morgan fingerprint density at radius 3 is 2.43 bits per heavy atom. The van der Waals surface area contributed by atoms with Crippen molar-refractivity contribution >= 4 is 11.8 Å². The van der Waals surface area contributed by atoms with Gasteiger partial charge in [0.15, 0.2) is 5.75 Å². The molecule has 3 rings (SSSR count). The van der Waals surface area contributed by atoms with E-state index in [-0.39, 0.29) is 11.0 Å². The molecule has 1 heterocycles. The zero-order valence-electron chi connectivity index (χ0n) is 16.6. The lowest BCUT2D eigenvalue weighted by molar-refractivity contribution is -0.137. The van der Waals surface area contributed by atoms with Crippen LogP contribution >= 0.6 is 11.8 Å². The fraction of sp³-hybridized carbons (Fsp3) is 0.261. The summed E-state index contributed by atoms with van der Waals surface area (Å²) in [5, 5.41) is 11.5. The topological polar surface area (TPSA) is 42.0 Å². The van der Waals surface area contributed by atoms with Gasteiger partial charge in [-0.05, 0) is 61.9 Å². The summed E-state index contributed by atoms with van der Waals surface area (Å²) in [5.74, 6) is -0.0110. The van der Waals surface area contributed by atoms with Crippen LogP contribution < -0.4 is 0 Å². The predicted molar refractivity (Wildman–Crippen MR) is 111 cm³/mol. The van der Waals surface area contributed by atoms with Crippen molar-refractivity contribution in [1.29, 1.82) is 0 Å². The van der Waals surface area contributed by atoms with Gasteiger partial charge in [-0.1, -0.05) is 18.2 Å². The summed E-state index contributed by atoms with van der Waals surface area (Å²) in [6, 6.07) is 15.6. The summed E-state index contributed by atoms with van der Waals surface area (Å²) in [7, 11) is 0. The van der Waals surface area contributed by atoms with E-state index in [4.69, 9.17) is 4.74 Å². The van der Waals surface area contributed by atoms with Gasteiger partial charge in [-0.25, -0.2) is 0 Å². The fourth-order valence-electron chi connectivity index (χ4n) is 2.89. The van der Waals surface area contributed by atoms with Gasteiger partial charge in [0, 0.05) is 17.1 Å². The third kappa shape index (κ3) is 5.55. The molecule has 0 N–H and O–H groups in total. The molecule has 0 saturated carbocycles. The molecule has 30 heavy (non-hydrogen) atoms. The molecule has 3 aromatic rings. The Labute approximate surface area is 177 Å². The maximum atomic E-state index is 12.8. The molecule has 7 heteroatoms. The smallest absolute Gasteiger partial charge is 0.380 e. The van der Waals surface area contributed by atoms with Gasteiger partial charge in [-0.3, -0.25) is 10.1 Å². The van der Waals surface area contributed by atoms with E-state index in [2.05, 4.69) is 4.98 Å². The highest BCUT2D eigenvalue weighted by molar-refractivity contribution is 7.99. The molecule has 0 fully saturated rings. The van der Waals surface area contributed by atoms with Gasteiger partial charge in [0.1, 0.15) is 0 Å². The molecule has 1 unspecified atom stereocenters. The second-order valence-electron chi connectivity index (χ2n) is 6.72. The maximum absolute atomic E-state index is 12.8. The average Bonchev–Trinajstić information content (AvgIpc) is 2.73. The van der Waals surface area contributed by atoms with Crippen LogP contribution in [0.2, 0.25) is 0 Å². The number of thioether (sulfide) groups is 1. The van der Waals surface area contributed by atoms with Crippen LogP contribution in [0.15, 0.2) is 65.6 Å². The summed E-state index contributed by atoms with van der Waals surface area (Å²) in [5.41, 5.74) is 1.94. The zero-order valence-corrected chi connectivity index (χ0v) is 17.4. The number of hydrogen-bond acceptors (Lipinski definition) is 3. The van der Waals surface area contributed by atoms with Crippen molar-refractivity contribution < 1.29 is 23.0 Å². The van der Waals surface area contributed by atoms with E-state index in [0.29, 0.717) is 30.0 Å². The number of hydrogen-bond donors (Lipinski definition) is 0. The molecule has 0 aliphatic carbocycles. The van der Waals surface area contributed by atoms with Crippen LogP contribution in [0.1, 0.15) is 29.0 Å². The first kappa shape index (κ1) is 22.2. The number of ether oxygens (including phenoxy) is 1. The number of aryl methyl sites for hydroxylation is 1. The Balaban J connectivity index is 1.88. The minimum absolute atomic E-state index is 0.0110. The van der Waals surface area contributed by atoms with Gasteiger partial charge in [0.25, 0.3) is 0 Å². The number of halogens is 3. The lowest BCUT2D eigenvalue weighted by Gasteiger charge is -2.17. The first-order chi connectivity index (χ1) is 14.3. The SMILES string of the molecule is CCOCC(Sc1ccc([O])c(C)c1)c1cccc(-c2ccc(C(F)(F)F)cc2)n1. The monoisotopic (exact) mass is 432 g/mol. The van der Waals surface area contributed by atoms with E-state index in [1.54, 1.807) is 25.1 Å². The lowest BCUT2D eigenvalue weighted by Crippen LogP contribution is -2.07. The summed E-state index contributed by atoms with van der Waals surface area (Å²) in [6.45, 7) is 4.65. The van der Waals surface area contributed by atoms with Crippen molar-refractivity contribution in [3.05, 3.63) is 77.5 Å². The highest BCUT2D eigenvalue weighted by Gasteiger charge is 2.30. The van der Waals surface area contributed by atoms with Crippen molar-refractivity contribution in [3.63, 3.8) is 0 Å². The molecule has 0 amide bonds. The van der Waals surface area contributed by atoms with Crippen molar-refractivity contribution in [2.24, 2.45) is 0 Å². The molecule has 1 aromatic heterocycles. The molecule has 0 aliphatic heterocycles. The maximum Gasteiger partial charge on any atom is 0.416 e. The molecule has 0 bridgehead atoms. The quantitative estimate of drug-likeness (QED) is 0.374. The van der Waals surface area contributed by atoms with Crippen LogP contribution in [-0.2, 0) is 16.0 Å². The molecule has 0 spiro atoms. The molecular formula is C23H21F3NO2S. The lowest BCUT2D eigenvalue weighted by atomic mass is 10.1. The van der Waals surface area contributed by atoms with Crippen molar-refractivity contribution in [2.45, 2.75) is 30.2 Å². The number of pyridine rings is 1. The average molecular weight is 432 g/mol. The molecule has 0 saturated heterocycles. The van der Waals surface area contributed by atoms with Gasteiger partial charge in [-0.15, -0.1) is 11.8 Å². The van der Waals surface area contributed by atoms with E-state index in [0.717, 1.165) is 22.7 Å². The van der Waals surface area contributed by atoms with Gasteiger partial charge in [-0.2, -0.15) is 13.2 Å². The standard InChI is InChI=1S/C23H21F3NO2S/c1-3-29-14-22(30-18-11-12-21(28)15(2)13-18)20-6-4-5-19(27-20)16-7-9-17(10-8-16)23(24,25)26/h4-13,22H,3,14H2,1-2H3. The van der Waals surface area contributed by atoms with Crippen LogP contribution in [0.5, 0.6) is 5.75 Å². The summed E-state index contributed by atoms with van der Waals surface area (Å²) in [4.78, 5) is 5.61. The highest BCUT2D eigenvalue weighted by atomic mass is 32.2. The van der Waals surface area contributed by atoms with Crippen LogP contribution in [-0.4, -0.2) is 18.2 Å². The molecule has 0 aliphatic rings. The molecule has 157 valence electrons. The summed E-state index contributed by atoms with van der Waals surface area (Å²) in [6.07, 6.45) is -4.37. The number of rotatable bonds is 7. The zero-order chi connectivity index (χ0) is 21.7. The van der Waals surface area contributed by atoms with E-state index >= 15 is 0 Å². The molecule has 1 atom stereocenters. The number of aromatic nitrogens is 1. The van der Waals surface area contributed by atoms with Crippen molar-refractivity contribution in [1.82, 2.24) is 4.98 Å². The highest BCUT2D eigenvalue weighted by Crippen LogP contribution is 2.37. The van der Waals surface area contributed by atoms with E-state index in [9.17, 15) is 18.3 Å². The second kappa shape index (κ2) is 9.53. The van der Waals surface area contributed by atoms with Crippen LogP contribution in [0, 0.1) is 6.92 Å². The van der Waals surface area contributed by atoms with Gasteiger partial charge in [0.2, 0.25) is 0 Å². The van der Waals surface area contributed by atoms with Gasteiger partial charge < -0.3 is 4.74 Å². The van der Waals surface area contributed by atoms with E-state index < -0.39 is 11.7 Å². The first-order valence-electron chi connectivity index (χ1n) is 9.44. The Hall–Kier alpha value is -2.51. The van der Waals surface area contributed by atoms with Gasteiger partial charge >= 0.3 is 6.18 Å². The van der Waals surface area contributed by atoms with E-state index in [1.165, 1.54) is 23.9 Å². The Kier molecular flexibility index (Phi) is 7.05. The largest absolute Gasteiger partial charge is 0.416 e. The Morgan fingerprint density at radius 1 is 1.07 bits per heavy atom. The molecule has 3 nitrogen and oxygen atoms in total. The van der Waals surface area contributed by atoms with Gasteiger partial charge in [0.05, 0.1) is 28.8 Å². The van der Waals surface area contributed by atoms with E-state index in [1.807, 2.05) is 25.1 Å². The third-order valence-corrected chi connectivity index (χ3v) is 5.69. The summed E-state index contributed by atoms with van der Waals surface area (Å²) < 4.78 is 44.1. The third-order valence-electron chi connectivity index (χ3n) is 4.51. The first-order valence-corrected chi connectivity index (χ1v) is 10.3. The Bertz CT molecular complexity index is 990. The molecule has 1 radical (unpaired) electrons.